The van der Waals surface area contributed by atoms with Crippen LogP contribution in [0.3, 0.4) is 0 Å². The highest BCUT2D eigenvalue weighted by Gasteiger charge is 2.21. The number of carbonyl (C=O) groups excluding carboxylic acids is 1. The van der Waals surface area contributed by atoms with E-state index in [0.717, 1.165) is 16.7 Å². The lowest BCUT2D eigenvalue weighted by atomic mass is 9.99. The molecule has 0 saturated heterocycles. The van der Waals surface area contributed by atoms with Gasteiger partial charge < -0.3 is 10.3 Å². The van der Waals surface area contributed by atoms with Gasteiger partial charge in [0.25, 0.3) is 5.56 Å². The summed E-state index contributed by atoms with van der Waals surface area (Å²) >= 11 is 0. The maximum Gasteiger partial charge on any atom is 0.251 e. The van der Waals surface area contributed by atoms with Gasteiger partial charge in [0, 0.05) is 24.0 Å². The van der Waals surface area contributed by atoms with Crippen LogP contribution in [0.4, 0.5) is 0 Å². The van der Waals surface area contributed by atoms with Crippen LogP contribution in [0.2, 0.25) is 0 Å². The number of nitrogens with one attached hydrogen (secondary N) is 2. The van der Waals surface area contributed by atoms with Gasteiger partial charge in [0.2, 0.25) is 5.91 Å². The number of benzene rings is 1. The number of pyridine rings is 1. The number of hydrogen-bond acceptors (Lipinski definition) is 4. The lowest BCUT2D eigenvalue weighted by Gasteiger charge is -2.22. The van der Waals surface area contributed by atoms with E-state index in [1.165, 1.54) is 6.07 Å². The molecule has 3 rings (SSSR count). The monoisotopic (exact) mass is 376 g/mol. The molecule has 144 valence electrons. The van der Waals surface area contributed by atoms with Gasteiger partial charge in [-0.25, -0.2) is 4.98 Å². The van der Waals surface area contributed by atoms with E-state index in [9.17, 15) is 9.59 Å². The van der Waals surface area contributed by atoms with Crippen LogP contribution in [-0.2, 0) is 11.2 Å². The second-order valence-corrected chi connectivity index (χ2v) is 7.21. The molecule has 0 bridgehead atoms. The van der Waals surface area contributed by atoms with Gasteiger partial charge in [-0.15, -0.1) is 0 Å². The fraction of sp³-hybridized carbons (Fsp3) is 0.273. The van der Waals surface area contributed by atoms with Gasteiger partial charge in [-0.3, -0.25) is 14.6 Å². The molecule has 3 aromatic rings. The van der Waals surface area contributed by atoms with Crippen molar-refractivity contribution in [2.75, 3.05) is 0 Å². The third-order valence-electron chi connectivity index (χ3n) is 4.46. The SMILES string of the molecule is Cc1cccc(CC(=O)N[C@H](c2cc(=O)[nH]c(-c3ccncc3)n2)C(C)C)c1. The first-order chi connectivity index (χ1) is 13.4. The molecule has 1 atom stereocenters. The normalized spacial score (nSPS) is 12.0. The quantitative estimate of drug-likeness (QED) is 0.692. The Hall–Kier alpha value is -3.28. The van der Waals surface area contributed by atoms with Crippen LogP contribution in [0.1, 0.15) is 36.7 Å². The fourth-order valence-electron chi connectivity index (χ4n) is 3.10. The van der Waals surface area contributed by atoms with Crippen molar-refractivity contribution in [3.05, 3.63) is 82.0 Å². The molecular weight excluding hydrogens is 352 g/mol. The van der Waals surface area contributed by atoms with Gasteiger partial charge in [-0.1, -0.05) is 43.7 Å². The van der Waals surface area contributed by atoms with Gasteiger partial charge in [0.05, 0.1) is 18.2 Å². The average Bonchev–Trinajstić information content (AvgIpc) is 2.66. The van der Waals surface area contributed by atoms with Gasteiger partial charge in [0.15, 0.2) is 0 Å². The summed E-state index contributed by atoms with van der Waals surface area (Å²) in [5, 5.41) is 3.04. The van der Waals surface area contributed by atoms with Crippen LogP contribution in [0.15, 0.2) is 59.7 Å². The van der Waals surface area contributed by atoms with Gasteiger partial charge in [0.1, 0.15) is 5.82 Å². The Morgan fingerprint density at radius 2 is 1.89 bits per heavy atom. The minimum atomic E-state index is -0.361. The van der Waals surface area contributed by atoms with Crippen molar-refractivity contribution in [3.63, 3.8) is 0 Å². The van der Waals surface area contributed by atoms with E-state index in [0.29, 0.717) is 11.5 Å². The number of rotatable bonds is 6. The van der Waals surface area contributed by atoms with Crippen molar-refractivity contribution >= 4 is 5.91 Å². The van der Waals surface area contributed by atoms with Crippen molar-refractivity contribution in [3.8, 4) is 11.4 Å². The Bertz CT molecular complexity index is 1010. The van der Waals surface area contributed by atoms with E-state index in [1.807, 2.05) is 45.0 Å². The number of aromatic amines is 1. The maximum absolute atomic E-state index is 12.6. The average molecular weight is 376 g/mol. The first-order valence-electron chi connectivity index (χ1n) is 9.29. The van der Waals surface area contributed by atoms with E-state index >= 15 is 0 Å². The molecule has 2 heterocycles. The Kier molecular flexibility index (Phi) is 5.99. The van der Waals surface area contributed by atoms with Gasteiger partial charge in [-0.05, 0) is 30.5 Å². The van der Waals surface area contributed by atoms with Crippen molar-refractivity contribution < 1.29 is 4.79 Å². The van der Waals surface area contributed by atoms with Crippen LogP contribution in [-0.4, -0.2) is 20.9 Å². The van der Waals surface area contributed by atoms with Crippen LogP contribution in [0, 0.1) is 12.8 Å². The molecule has 0 fully saturated rings. The summed E-state index contributed by atoms with van der Waals surface area (Å²) < 4.78 is 0. The fourth-order valence-corrected chi connectivity index (χ4v) is 3.10. The van der Waals surface area contributed by atoms with Crippen LogP contribution in [0.5, 0.6) is 0 Å². The Labute approximate surface area is 164 Å². The summed E-state index contributed by atoms with van der Waals surface area (Å²) in [7, 11) is 0. The third kappa shape index (κ3) is 4.91. The van der Waals surface area contributed by atoms with Gasteiger partial charge in [-0.2, -0.15) is 0 Å². The molecule has 1 amide bonds. The summed E-state index contributed by atoms with van der Waals surface area (Å²) in [4.78, 5) is 36.2. The lowest BCUT2D eigenvalue weighted by molar-refractivity contribution is -0.121. The van der Waals surface area contributed by atoms with Crippen molar-refractivity contribution in [2.45, 2.75) is 33.2 Å². The summed E-state index contributed by atoms with van der Waals surface area (Å²) in [6, 6.07) is 12.5. The zero-order valence-corrected chi connectivity index (χ0v) is 16.3. The first-order valence-corrected chi connectivity index (χ1v) is 9.29. The molecule has 6 nitrogen and oxygen atoms in total. The van der Waals surface area contributed by atoms with Gasteiger partial charge >= 0.3 is 0 Å². The summed E-state index contributed by atoms with van der Waals surface area (Å²) in [5.41, 5.74) is 3.13. The van der Waals surface area contributed by atoms with E-state index in [-0.39, 0.29) is 29.8 Å². The lowest BCUT2D eigenvalue weighted by Crippen LogP contribution is -2.34. The highest BCUT2D eigenvalue weighted by molar-refractivity contribution is 5.79. The molecular formula is C22H24N4O2. The van der Waals surface area contributed by atoms with Crippen molar-refractivity contribution in [1.29, 1.82) is 0 Å². The number of carbonyl (C=O) groups is 1. The van der Waals surface area contributed by atoms with Crippen LogP contribution < -0.4 is 10.9 Å². The van der Waals surface area contributed by atoms with E-state index in [1.54, 1.807) is 24.5 Å². The molecule has 0 aliphatic carbocycles. The van der Waals surface area contributed by atoms with Crippen molar-refractivity contribution in [1.82, 2.24) is 20.3 Å². The van der Waals surface area contributed by atoms with E-state index in [2.05, 4.69) is 20.3 Å². The summed E-state index contributed by atoms with van der Waals surface area (Å²) in [6.07, 6.45) is 3.57. The number of aromatic nitrogens is 3. The molecule has 0 aliphatic rings. The molecule has 0 saturated carbocycles. The molecule has 0 spiro atoms. The summed E-state index contributed by atoms with van der Waals surface area (Å²) in [6.45, 7) is 5.98. The minimum Gasteiger partial charge on any atom is -0.347 e. The number of amides is 1. The summed E-state index contributed by atoms with van der Waals surface area (Å²) in [5.74, 6) is 0.432. The number of hydrogen-bond donors (Lipinski definition) is 2. The minimum absolute atomic E-state index is 0.0704. The second kappa shape index (κ2) is 8.61. The molecule has 28 heavy (non-hydrogen) atoms. The molecule has 2 aromatic heterocycles. The second-order valence-electron chi connectivity index (χ2n) is 7.21. The van der Waals surface area contributed by atoms with E-state index < -0.39 is 0 Å². The van der Waals surface area contributed by atoms with E-state index in [4.69, 9.17) is 0 Å². The Morgan fingerprint density at radius 1 is 1.14 bits per heavy atom. The largest absolute Gasteiger partial charge is 0.347 e. The standard InChI is InChI=1S/C22H24N4O2/c1-14(2)21(25-19(27)12-16-6-4-5-15(3)11-16)18-13-20(28)26-22(24-18)17-7-9-23-10-8-17/h4-11,13-14,21H,12H2,1-3H3,(H,25,27)(H,24,26,28)/t21-/m0/s1. The zero-order valence-electron chi connectivity index (χ0n) is 16.3. The molecule has 2 N–H and O–H groups in total. The Balaban J connectivity index is 1.85. The Morgan fingerprint density at radius 3 is 2.57 bits per heavy atom. The highest BCUT2D eigenvalue weighted by atomic mass is 16.1. The predicted octanol–water partition coefficient (Wildman–Crippen LogP) is 3.20. The first kappa shape index (κ1) is 19.5. The maximum atomic E-state index is 12.6. The number of nitrogens with zero attached hydrogens (tertiary/aromatic N) is 2. The van der Waals surface area contributed by atoms with Crippen molar-refractivity contribution in [2.24, 2.45) is 5.92 Å². The molecule has 1 aromatic carbocycles. The third-order valence-corrected chi connectivity index (χ3v) is 4.46. The topological polar surface area (TPSA) is 87.7 Å². The molecule has 0 radical (unpaired) electrons. The number of H-pyrrole nitrogens is 1. The number of aryl methyl sites for hydroxylation is 1. The zero-order chi connectivity index (χ0) is 20.1. The smallest absolute Gasteiger partial charge is 0.251 e. The van der Waals surface area contributed by atoms with Crippen LogP contribution >= 0.6 is 0 Å². The molecule has 6 heteroatoms. The predicted molar refractivity (Wildman–Crippen MR) is 109 cm³/mol. The highest BCUT2D eigenvalue weighted by Crippen LogP contribution is 2.21. The molecule has 0 unspecified atom stereocenters. The molecule has 0 aliphatic heterocycles. The van der Waals surface area contributed by atoms with Crippen LogP contribution in [0.25, 0.3) is 11.4 Å².